The zero-order chi connectivity index (χ0) is 14.1. The van der Waals surface area contributed by atoms with E-state index in [1.807, 2.05) is 42.2 Å². The van der Waals surface area contributed by atoms with Crippen LogP contribution in [0.3, 0.4) is 0 Å². The first-order valence-corrected chi connectivity index (χ1v) is 7.22. The smallest absolute Gasteiger partial charge is 0.311 e. The van der Waals surface area contributed by atoms with Crippen LogP contribution in [0.25, 0.3) is 0 Å². The standard InChI is InChI=1S/C16H19NO3/c1-2-20-16(19)14-12-8-9-13(18)17(15(12)14)10-11-6-4-3-5-7-11/h3-7,12,14-15H,2,8-10H2,1H3/t12-,14+,15-/m0/s1. The Hall–Kier alpha value is -1.84. The molecule has 4 heteroatoms. The van der Waals surface area contributed by atoms with Crippen molar-refractivity contribution in [2.45, 2.75) is 32.4 Å². The quantitative estimate of drug-likeness (QED) is 0.788. The summed E-state index contributed by atoms with van der Waals surface area (Å²) < 4.78 is 5.11. The largest absolute Gasteiger partial charge is 0.466 e. The molecule has 1 heterocycles. The highest BCUT2D eigenvalue weighted by atomic mass is 16.5. The minimum absolute atomic E-state index is 0.0514. The van der Waals surface area contributed by atoms with E-state index in [2.05, 4.69) is 0 Å². The van der Waals surface area contributed by atoms with Crippen molar-refractivity contribution in [1.82, 2.24) is 4.90 Å². The number of rotatable bonds is 4. The fraction of sp³-hybridized carbons (Fsp3) is 0.500. The summed E-state index contributed by atoms with van der Waals surface area (Å²) in [5.74, 6) is 0.206. The number of carbonyl (C=O) groups excluding carboxylic acids is 2. The fourth-order valence-corrected chi connectivity index (χ4v) is 3.26. The van der Waals surface area contributed by atoms with Gasteiger partial charge in [0.1, 0.15) is 0 Å². The number of likely N-dealkylation sites (tertiary alicyclic amines) is 1. The molecule has 0 spiro atoms. The molecule has 2 aliphatic rings. The first kappa shape index (κ1) is 13.2. The molecule has 1 aromatic rings. The summed E-state index contributed by atoms with van der Waals surface area (Å²) in [5, 5.41) is 0. The van der Waals surface area contributed by atoms with Crippen LogP contribution in [0.5, 0.6) is 0 Å². The van der Waals surface area contributed by atoms with Crippen LogP contribution in [0.2, 0.25) is 0 Å². The third kappa shape index (κ3) is 2.30. The Bertz CT molecular complexity index is 514. The number of fused-ring (bicyclic) bond motifs is 1. The van der Waals surface area contributed by atoms with Crippen molar-refractivity contribution in [3.05, 3.63) is 35.9 Å². The Kier molecular flexibility index (Phi) is 3.47. The molecule has 3 rings (SSSR count). The maximum absolute atomic E-state index is 12.1. The molecule has 20 heavy (non-hydrogen) atoms. The van der Waals surface area contributed by atoms with Gasteiger partial charge in [-0.05, 0) is 24.8 Å². The van der Waals surface area contributed by atoms with Crippen LogP contribution in [0.15, 0.2) is 30.3 Å². The Labute approximate surface area is 118 Å². The lowest BCUT2D eigenvalue weighted by Crippen LogP contribution is -2.37. The summed E-state index contributed by atoms with van der Waals surface area (Å²) in [5.41, 5.74) is 1.11. The highest BCUT2D eigenvalue weighted by Crippen LogP contribution is 2.50. The van der Waals surface area contributed by atoms with Gasteiger partial charge < -0.3 is 9.64 Å². The van der Waals surface area contributed by atoms with Gasteiger partial charge in [-0.1, -0.05) is 30.3 Å². The maximum Gasteiger partial charge on any atom is 0.311 e. The molecule has 1 saturated heterocycles. The lowest BCUT2D eigenvalue weighted by molar-refractivity contribution is -0.145. The lowest BCUT2D eigenvalue weighted by Gasteiger charge is -2.26. The van der Waals surface area contributed by atoms with Crippen molar-refractivity contribution < 1.29 is 14.3 Å². The van der Waals surface area contributed by atoms with Gasteiger partial charge in [0.2, 0.25) is 5.91 Å². The van der Waals surface area contributed by atoms with Crippen molar-refractivity contribution in [2.75, 3.05) is 6.61 Å². The molecule has 4 nitrogen and oxygen atoms in total. The van der Waals surface area contributed by atoms with Crippen molar-refractivity contribution in [3.63, 3.8) is 0 Å². The van der Waals surface area contributed by atoms with Gasteiger partial charge in [0.05, 0.1) is 12.5 Å². The minimum Gasteiger partial charge on any atom is -0.466 e. The molecular formula is C16H19NO3. The molecule has 1 aliphatic carbocycles. The normalized spacial score (nSPS) is 27.9. The molecule has 0 N–H and O–H groups in total. The van der Waals surface area contributed by atoms with Crippen LogP contribution in [-0.2, 0) is 20.9 Å². The number of carbonyl (C=O) groups is 2. The van der Waals surface area contributed by atoms with Crippen LogP contribution < -0.4 is 0 Å². The van der Waals surface area contributed by atoms with Crippen LogP contribution in [0.1, 0.15) is 25.3 Å². The Balaban J connectivity index is 1.73. The highest BCUT2D eigenvalue weighted by molar-refractivity contribution is 5.84. The summed E-state index contributed by atoms with van der Waals surface area (Å²) in [6, 6.07) is 9.98. The van der Waals surface area contributed by atoms with E-state index in [1.54, 1.807) is 0 Å². The molecule has 1 aromatic carbocycles. The van der Waals surface area contributed by atoms with E-state index in [0.717, 1.165) is 12.0 Å². The lowest BCUT2D eigenvalue weighted by atomic mass is 10.1. The van der Waals surface area contributed by atoms with Gasteiger partial charge in [-0.15, -0.1) is 0 Å². The van der Waals surface area contributed by atoms with Crippen LogP contribution in [0.4, 0.5) is 0 Å². The van der Waals surface area contributed by atoms with Gasteiger partial charge >= 0.3 is 5.97 Å². The summed E-state index contributed by atoms with van der Waals surface area (Å²) >= 11 is 0. The number of nitrogens with zero attached hydrogens (tertiary/aromatic N) is 1. The molecule has 1 saturated carbocycles. The molecule has 106 valence electrons. The van der Waals surface area contributed by atoms with Gasteiger partial charge in [-0.3, -0.25) is 9.59 Å². The second-order valence-electron chi connectivity index (χ2n) is 5.48. The van der Waals surface area contributed by atoms with Crippen LogP contribution >= 0.6 is 0 Å². The first-order valence-electron chi connectivity index (χ1n) is 7.22. The van der Waals surface area contributed by atoms with Crippen molar-refractivity contribution in [3.8, 4) is 0 Å². The van der Waals surface area contributed by atoms with E-state index in [-0.39, 0.29) is 23.8 Å². The zero-order valence-electron chi connectivity index (χ0n) is 11.6. The summed E-state index contributed by atoms with van der Waals surface area (Å²) in [7, 11) is 0. The average Bonchev–Trinajstić information content (AvgIpc) is 3.18. The van der Waals surface area contributed by atoms with Gasteiger partial charge in [0.25, 0.3) is 0 Å². The van der Waals surface area contributed by atoms with Crippen molar-refractivity contribution in [2.24, 2.45) is 11.8 Å². The molecule has 0 unspecified atom stereocenters. The molecule has 1 amide bonds. The number of ether oxygens (including phenoxy) is 1. The molecule has 1 aliphatic heterocycles. The number of benzene rings is 1. The zero-order valence-corrected chi connectivity index (χ0v) is 11.6. The van der Waals surface area contributed by atoms with E-state index in [0.29, 0.717) is 25.5 Å². The predicted octanol–water partition coefficient (Wildman–Crippen LogP) is 1.99. The number of hydrogen-bond donors (Lipinski definition) is 0. The second-order valence-corrected chi connectivity index (χ2v) is 5.48. The number of piperidine rings is 1. The second kappa shape index (κ2) is 5.27. The van der Waals surface area contributed by atoms with Crippen molar-refractivity contribution in [1.29, 1.82) is 0 Å². The van der Waals surface area contributed by atoms with Crippen molar-refractivity contribution >= 4 is 11.9 Å². The first-order chi connectivity index (χ1) is 9.72. The third-order valence-electron chi connectivity index (χ3n) is 4.25. The SMILES string of the molecule is CCOC(=O)[C@@H]1[C@@H]2CCC(=O)N(Cc3ccccc3)[C@@H]21. The van der Waals surface area contributed by atoms with E-state index in [9.17, 15) is 9.59 Å². The van der Waals surface area contributed by atoms with Gasteiger partial charge in [-0.2, -0.15) is 0 Å². The van der Waals surface area contributed by atoms with Gasteiger partial charge in [0.15, 0.2) is 0 Å². The summed E-state index contributed by atoms with van der Waals surface area (Å²) in [4.78, 5) is 25.9. The van der Waals surface area contributed by atoms with Crippen LogP contribution in [-0.4, -0.2) is 29.4 Å². The predicted molar refractivity (Wildman–Crippen MR) is 73.6 cm³/mol. The monoisotopic (exact) mass is 273 g/mol. The summed E-state index contributed by atoms with van der Waals surface area (Å²) in [6.07, 6.45) is 1.36. The van der Waals surface area contributed by atoms with E-state index >= 15 is 0 Å². The summed E-state index contributed by atoms with van der Waals surface area (Å²) in [6.45, 7) is 2.81. The highest BCUT2D eigenvalue weighted by Gasteiger charge is 2.61. The maximum atomic E-state index is 12.1. The van der Waals surface area contributed by atoms with Gasteiger partial charge in [0, 0.05) is 19.0 Å². The van der Waals surface area contributed by atoms with E-state index in [1.165, 1.54) is 0 Å². The topological polar surface area (TPSA) is 46.6 Å². The molecule has 0 bridgehead atoms. The molecular weight excluding hydrogens is 254 g/mol. The number of amides is 1. The molecule has 0 radical (unpaired) electrons. The molecule has 2 fully saturated rings. The van der Waals surface area contributed by atoms with E-state index < -0.39 is 0 Å². The Morgan fingerprint density at radius 2 is 2.10 bits per heavy atom. The van der Waals surface area contributed by atoms with Crippen LogP contribution in [0, 0.1) is 11.8 Å². The third-order valence-corrected chi connectivity index (χ3v) is 4.25. The van der Waals surface area contributed by atoms with E-state index in [4.69, 9.17) is 4.74 Å². The Morgan fingerprint density at radius 1 is 1.35 bits per heavy atom. The molecule has 3 atom stereocenters. The van der Waals surface area contributed by atoms with Gasteiger partial charge in [-0.25, -0.2) is 0 Å². The number of esters is 1. The average molecular weight is 273 g/mol. The number of hydrogen-bond acceptors (Lipinski definition) is 3. The Morgan fingerprint density at radius 3 is 2.80 bits per heavy atom. The molecule has 0 aromatic heterocycles. The fourth-order valence-electron chi connectivity index (χ4n) is 3.26. The minimum atomic E-state index is -0.143.